The maximum absolute atomic E-state index is 13.4. The fraction of sp³-hybridized carbons (Fsp3) is 0.0714. The highest BCUT2D eigenvalue weighted by Gasteiger charge is 2.11. The molecule has 104 valence electrons. The molecule has 6 heteroatoms. The Balaban J connectivity index is 2.07. The van der Waals surface area contributed by atoms with Crippen molar-refractivity contribution in [2.45, 2.75) is 6.61 Å². The van der Waals surface area contributed by atoms with Crippen molar-refractivity contribution < 1.29 is 22.7 Å². The number of benzene rings is 2. The first-order chi connectivity index (χ1) is 9.56. The quantitative estimate of drug-likeness (QED) is 0.928. The zero-order chi connectivity index (χ0) is 14.5. The topological polar surface area (TPSA) is 38.3 Å². The van der Waals surface area contributed by atoms with Crippen LogP contribution >= 0.6 is 0 Å². The van der Waals surface area contributed by atoms with Gasteiger partial charge in [-0.1, -0.05) is 12.1 Å². The monoisotopic (exact) mass is 281 g/mol. The number of nitrogens with one attached hydrogen (secondary N) is 1. The van der Waals surface area contributed by atoms with Crippen LogP contribution in [-0.2, 0) is 0 Å². The molecular weight excluding hydrogens is 271 g/mol. The average Bonchev–Trinajstić information content (AvgIpc) is 2.41. The predicted molar refractivity (Wildman–Crippen MR) is 67.4 cm³/mol. The van der Waals surface area contributed by atoms with E-state index >= 15 is 0 Å². The van der Waals surface area contributed by atoms with Crippen molar-refractivity contribution in [2.75, 3.05) is 5.32 Å². The van der Waals surface area contributed by atoms with E-state index in [1.807, 2.05) is 0 Å². The Morgan fingerprint density at radius 2 is 1.70 bits per heavy atom. The molecule has 0 aliphatic rings. The lowest BCUT2D eigenvalue weighted by molar-refractivity contribution is -0.0498. The highest BCUT2D eigenvalue weighted by molar-refractivity contribution is 6.04. The smallest absolute Gasteiger partial charge is 0.387 e. The number of rotatable bonds is 4. The maximum Gasteiger partial charge on any atom is 0.387 e. The van der Waals surface area contributed by atoms with E-state index in [9.17, 15) is 18.0 Å². The molecule has 0 spiro atoms. The van der Waals surface area contributed by atoms with Crippen LogP contribution in [-0.4, -0.2) is 12.5 Å². The molecule has 3 nitrogen and oxygen atoms in total. The van der Waals surface area contributed by atoms with Crippen molar-refractivity contribution in [1.29, 1.82) is 0 Å². The molecule has 20 heavy (non-hydrogen) atoms. The molecule has 0 atom stereocenters. The van der Waals surface area contributed by atoms with Gasteiger partial charge < -0.3 is 10.1 Å². The van der Waals surface area contributed by atoms with E-state index in [0.717, 1.165) is 0 Å². The number of carbonyl (C=O) groups excluding carboxylic acids is 1. The molecule has 0 aliphatic heterocycles. The second kappa shape index (κ2) is 6.10. The van der Waals surface area contributed by atoms with Gasteiger partial charge in [0.1, 0.15) is 11.6 Å². The summed E-state index contributed by atoms with van der Waals surface area (Å²) in [6, 6.07) is 10.9. The number of amides is 1. The number of hydrogen-bond acceptors (Lipinski definition) is 2. The van der Waals surface area contributed by atoms with E-state index in [0.29, 0.717) is 5.69 Å². The van der Waals surface area contributed by atoms with Crippen molar-refractivity contribution in [3.8, 4) is 5.75 Å². The Morgan fingerprint density at radius 1 is 1.05 bits per heavy atom. The third kappa shape index (κ3) is 3.50. The van der Waals surface area contributed by atoms with Crippen molar-refractivity contribution in [3.63, 3.8) is 0 Å². The first-order valence-electron chi connectivity index (χ1n) is 5.67. The zero-order valence-corrected chi connectivity index (χ0v) is 10.1. The number of ether oxygens (including phenoxy) is 1. The van der Waals surface area contributed by atoms with Crippen LogP contribution in [0.3, 0.4) is 0 Å². The minimum Gasteiger partial charge on any atom is -0.435 e. The van der Waals surface area contributed by atoms with Gasteiger partial charge >= 0.3 is 6.61 Å². The molecule has 0 aromatic heterocycles. The lowest BCUT2D eigenvalue weighted by Crippen LogP contribution is -2.13. The average molecular weight is 281 g/mol. The minimum atomic E-state index is -2.91. The molecule has 2 aromatic carbocycles. The number of alkyl halides is 2. The van der Waals surface area contributed by atoms with Crippen molar-refractivity contribution in [2.24, 2.45) is 0 Å². The Morgan fingerprint density at radius 3 is 2.30 bits per heavy atom. The molecule has 0 bridgehead atoms. The lowest BCUT2D eigenvalue weighted by atomic mass is 10.2. The Labute approximate surface area is 113 Å². The third-order valence-corrected chi connectivity index (χ3v) is 2.46. The molecule has 0 radical (unpaired) electrons. The number of hydrogen-bond donors (Lipinski definition) is 1. The molecule has 0 unspecified atom stereocenters. The molecule has 0 saturated carbocycles. The fourth-order valence-corrected chi connectivity index (χ4v) is 1.56. The lowest BCUT2D eigenvalue weighted by Gasteiger charge is -2.08. The van der Waals surface area contributed by atoms with Gasteiger partial charge in [0.2, 0.25) is 0 Å². The summed E-state index contributed by atoms with van der Waals surface area (Å²) in [5.74, 6) is -1.28. The largest absolute Gasteiger partial charge is 0.435 e. The number of halogens is 3. The predicted octanol–water partition coefficient (Wildman–Crippen LogP) is 3.68. The summed E-state index contributed by atoms with van der Waals surface area (Å²) in [5, 5.41) is 2.46. The maximum atomic E-state index is 13.4. The SMILES string of the molecule is O=C(Nc1ccc(OC(F)F)cc1)c1ccccc1F. The summed E-state index contributed by atoms with van der Waals surface area (Å²) in [4.78, 5) is 11.8. The van der Waals surface area contributed by atoms with Gasteiger partial charge in [-0.2, -0.15) is 8.78 Å². The molecule has 0 heterocycles. The van der Waals surface area contributed by atoms with Crippen LogP contribution in [0.25, 0.3) is 0 Å². The molecule has 0 fully saturated rings. The Kier molecular flexibility index (Phi) is 4.24. The van der Waals surface area contributed by atoms with Gasteiger partial charge in [-0.3, -0.25) is 4.79 Å². The summed E-state index contributed by atoms with van der Waals surface area (Å²) >= 11 is 0. The van der Waals surface area contributed by atoms with E-state index in [2.05, 4.69) is 10.1 Å². The summed E-state index contributed by atoms with van der Waals surface area (Å²) in [7, 11) is 0. The minimum absolute atomic E-state index is 0.0242. The van der Waals surface area contributed by atoms with Gasteiger partial charge in [-0.25, -0.2) is 4.39 Å². The molecule has 1 amide bonds. The van der Waals surface area contributed by atoms with Crippen LogP contribution < -0.4 is 10.1 Å². The molecule has 0 saturated heterocycles. The van der Waals surface area contributed by atoms with Crippen LogP contribution in [0.5, 0.6) is 5.75 Å². The van der Waals surface area contributed by atoms with Gasteiger partial charge in [-0.05, 0) is 36.4 Å². The van der Waals surface area contributed by atoms with Gasteiger partial charge in [0.05, 0.1) is 5.56 Å². The normalized spacial score (nSPS) is 10.4. The van der Waals surface area contributed by atoms with Crippen LogP contribution in [0.15, 0.2) is 48.5 Å². The second-order valence-electron chi connectivity index (χ2n) is 3.84. The number of carbonyl (C=O) groups is 1. The van der Waals surface area contributed by atoms with Gasteiger partial charge in [0, 0.05) is 5.69 Å². The second-order valence-corrected chi connectivity index (χ2v) is 3.84. The Hall–Kier alpha value is -2.50. The fourth-order valence-electron chi connectivity index (χ4n) is 1.56. The van der Waals surface area contributed by atoms with Crippen LogP contribution in [0.1, 0.15) is 10.4 Å². The van der Waals surface area contributed by atoms with E-state index in [4.69, 9.17) is 0 Å². The summed E-state index contributed by atoms with van der Waals surface area (Å²) in [6.45, 7) is -2.91. The first kappa shape index (κ1) is 13.9. The van der Waals surface area contributed by atoms with Gasteiger partial charge in [0.25, 0.3) is 5.91 Å². The molecule has 1 N–H and O–H groups in total. The molecule has 2 rings (SSSR count). The van der Waals surface area contributed by atoms with Gasteiger partial charge in [-0.15, -0.1) is 0 Å². The summed E-state index contributed by atoms with van der Waals surface area (Å²) in [5.41, 5.74) is 0.250. The van der Waals surface area contributed by atoms with E-state index < -0.39 is 18.3 Å². The van der Waals surface area contributed by atoms with Crippen LogP contribution in [0.4, 0.5) is 18.9 Å². The molecule has 0 aliphatic carbocycles. The van der Waals surface area contributed by atoms with Crippen molar-refractivity contribution in [3.05, 3.63) is 59.9 Å². The standard InChI is InChI=1S/C14H10F3NO2/c15-12-4-2-1-3-11(12)13(19)18-9-5-7-10(8-6-9)20-14(16)17/h1-8,14H,(H,18,19). The zero-order valence-electron chi connectivity index (χ0n) is 10.1. The number of anilines is 1. The summed E-state index contributed by atoms with van der Waals surface area (Å²) in [6.07, 6.45) is 0. The first-order valence-corrected chi connectivity index (χ1v) is 5.67. The Bertz CT molecular complexity index is 600. The summed E-state index contributed by atoms with van der Waals surface area (Å²) < 4.78 is 41.5. The third-order valence-electron chi connectivity index (χ3n) is 2.46. The van der Waals surface area contributed by atoms with Crippen LogP contribution in [0.2, 0.25) is 0 Å². The van der Waals surface area contributed by atoms with E-state index in [-0.39, 0.29) is 11.3 Å². The van der Waals surface area contributed by atoms with Crippen LogP contribution in [0, 0.1) is 5.82 Å². The highest BCUT2D eigenvalue weighted by Crippen LogP contribution is 2.18. The molecule has 2 aromatic rings. The van der Waals surface area contributed by atoms with Crippen molar-refractivity contribution in [1.82, 2.24) is 0 Å². The molecular formula is C14H10F3NO2. The van der Waals surface area contributed by atoms with E-state index in [1.54, 1.807) is 0 Å². The van der Waals surface area contributed by atoms with E-state index in [1.165, 1.54) is 48.5 Å². The highest BCUT2D eigenvalue weighted by atomic mass is 19.3. The van der Waals surface area contributed by atoms with Gasteiger partial charge in [0.15, 0.2) is 0 Å². The van der Waals surface area contributed by atoms with Crippen molar-refractivity contribution >= 4 is 11.6 Å².